The largest absolute Gasteiger partial charge is 0.370 e. The van der Waals surface area contributed by atoms with Gasteiger partial charge < -0.3 is 10.6 Å². The second kappa shape index (κ2) is 4.82. The Morgan fingerprint density at radius 3 is 3.00 bits per heavy atom. The average molecular weight is 238 g/mol. The summed E-state index contributed by atoms with van der Waals surface area (Å²) in [5.41, 5.74) is 5.90. The quantitative estimate of drug-likeness (QED) is 0.640. The molecule has 2 N–H and O–H groups in total. The van der Waals surface area contributed by atoms with Gasteiger partial charge in [-0.25, -0.2) is 9.98 Å². The van der Waals surface area contributed by atoms with Crippen LogP contribution in [-0.2, 0) is 13.0 Å². The molecule has 2 rings (SSSR count). The summed E-state index contributed by atoms with van der Waals surface area (Å²) >= 11 is 1.72. The van der Waals surface area contributed by atoms with Gasteiger partial charge in [0.2, 0.25) is 0 Å². The minimum absolute atomic E-state index is 0.605. The highest BCUT2D eigenvalue weighted by atomic mass is 32.1. The molecule has 1 aliphatic carbocycles. The number of hydrogen-bond donors (Lipinski definition) is 1. The number of guanidine groups is 1. The zero-order chi connectivity index (χ0) is 11.5. The van der Waals surface area contributed by atoms with Crippen LogP contribution in [0.1, 0.15) is 29.7 Å². The Bertz CT molecular complexity index is 381. The Hall–Kier alpha value is -1.10. The second-order valence-electron chi connectivity index (χ2n) is 4.09. The van der Waals surface area contributed by atoms with E-state index < -0.39 is 0 Å². The van der Waals surface area contributed by atoms with Crippen LogP contribution in [0.25, 0.3) is 0 Å². The molecule has 0 bridgehead atoms. The van der Waals surface area contributed by atoms with E-state index in [4.69, 9.17) is 5.73 Å². The number of nitrogens with zero attached hydrogens (tertiary/aromatic N) is 3. The summed E-state index contributed by atoms with van der Waals surface area (Å²) in [6.45, 7) is 2.74. The Morgan fingerprint density at radius 1 is 1.69 bits per heavy atom. The van der Waals surface area contributed by atoms with Crippen molar-refractivity contribution in [3.63, 3.8) is 0 Å². The monoisotopic (exact) mass is 238 g/mol. The lowest BCUT2D eigenvalue weighted by Gasteiger charge is -2.16. The summed E-state index contributed by atoms with van der Waals surface area (Å²) in [6.07, 6.45) is 5.45. The van der Waals surface area contributed by atoms with E-state index in [1.54, 1.807) is 11.3 Å². The lowest BCUT2D eigenvalue weighted by molar-refractivity contribution is 0.487. The van der Waals surface area contributed by atoms with Crippen molar-refractivity contribution in [1.82, 2.24) is 9.88 Å². The van der Waals surface area contributed by atoms with Gasteiger partial charge >= 0.3 is 0 Å². The summed E-state index contributed by atoms with van der Waals surface area (Å²) in [7, 11) is 2.01. The molecule has 88 valence electrons. The van der Waals surface area contributed by atoms with Gasteiger partial charge in [-0.1, -0.05) is 6.92 Å². The third-order valence-electron chi connectivity index (χ3n) is 2.78. The molecule has 1 saturated carbocycles. The van der Waals surface area contributed by atoms with E-state index in [0.29, 0.717) is 18.5 Å². The van der Waals surface area contributed by atoms with E-state index in [-0.39, 0.29) is 0 Å². The van der Waals surface area contributed by atoms with Crippen molar-refractivity contribution in [3.8, 4) is 0 Å². The van der Waals surface area contributed by atoms with Gasteiger partial charge in [-0.2, -0.15) is 0 Å². The Balaban J connectivity index is 1.91. The number of nitrogens with two attached hydrogens (primary N) is 1. The van der Waals surface area contributed by atoms with Crippen LogP contribution in [0.2, 0.25) is 0 Å². The first-order valence-electron chi connectivity index (χ1n) is 5.67. The maximum Gasteiger partial charge on any atom is 0.191 e. The smallest absolute Gasteiger partial charge is 0.191 e. The average Bonchev–Trinajstić information content (AvgIpc) is 3.04. The van der Waals surface area contributed by atoms with E-state index >= 15 is 0 Å². The number of rotatable bonds is 4. The van der Waals surface area contributed by atoms with Gasteiger partial charge in [0, 0.05) is 24.2 Å². The zero-order valence-corrected chi connectivity index (χ0v) is 10.6. The molecule has 0 atom stereocenters. The fraction of sp³-hybridized carbons (Fsp3) is 0.636. The summed E-state index contributed by atoms with van der Waals surface area (Å²) < 4.78 is 0. The molecular weight excluding hydrogens is 220 g/mol. The highest BCUT2D eigenvalue weighted by Crippen LogP contribution is 2.25. The molecule has 5 heteroatoms. The van der Waals surface area contributed by atoms with E-state index in [1.165, 1.54) is 17.7 Å². The predicted octanol–water partition coefficient (Wildman–Crippen LogP) is 1.61. The third kappa shape index (κ3) is 2.72. The zero-order valence-electron chi connectivity index (χ0n) is 9.81. The fourth-order valence-electron chi connectivity index (χ4n) is 1.49. The molecule has 0 aromatic carbocycles. The van der Waals surface area contributed by atoms with Crippen molar-refractivity contribution in [2.45, 2.75) is 38.8 Å². The Labute approximate surface area is 100 Å². The van der Waals surface area contributed by atoms with E-state index in [0.717, 1.165) is 11.4 Å². The number of aromatic nitrogens is 1. The molecule has 0 aliphatic heterocycles. The molecule has 16 heavy (non-hydrogen) atoms. The van der Waals surface area contributed by atoms with Gasteiger partial charge in [-0.05, 0) is 19.3 Å². The summed E-state index contributed by atoms with van der Waals surface area (Å²) in [4.78, 5) is 12.1. The molecule has 4 nitrogen and oxygen atoms in total. The van der Waals surface area contributed by atoms with Crippen molar-refractivity contribution in [3.05, 3.63) is 16.1 Å². The van der Waals surface area contributed by atoms with Gasteiger partial charge in [-0.15, -0.1) is 11.3 Å². The van der Waals surface area contributed by atoms with Crippen LogP contribution in [0.4, 0.5) is 0 Å². The second-order valence-corrected chi connectivity index (χ2v) is 5.29. The van der Waals surface area contributed by atoms with Crippen molar-refractivity contribution in [1.29, 1.82) is 0 Å². The third-order valence-corrected chi connectivity index (χ3v) is 3.91. The van der Waals surface area contributed by atoms with Crippen LogP contribution in [0.15, 0.2) is 11.2 Å². The lowest BCUT2D eigenvalue weighted by atomic mass is 10.4. The van der Waals surface area contributed by atoms with Crippen molar-refractivity contribution >= 4 is 17.3 Å². The van der Waals surface area contributed by atoms with Crippen LogP contribution in [0, 0.1) is 0 Å². The fourth-order valence-corrected chi connectivity index (χ4v) is 2.28. The number of hydrogen-bond acceptors (Lipinski definition) is 3. The van der Waals surface area contributed by atoms with Gasteiger partial charge in [0.25, 0.3) is 0 Å². The van der Waals surface area contributed by atoms with Crippen LogP contribution in [0.3, 0.4) is 0 Å². The van der Waals surface area contributed by atoms with Gasteiger partial charge in [-0.3, -0.25) is 0 Å². The molecule has 0 radical (unpaired) electrons. The van der Waals surface area contributed by atoms with Crippen LogP contribution in [0.5, 0.6) is 0 Å². The molecule has 1 aromatic heterocycles. The summed E-state index contributed by atoms with van der Waals surface area (Å²) in [5.74, 6) is 0.635. The van der Waals surface area contributed by atoms with Crippen LogP contribution >= 0.6 is 11.3 Å². The molecule has 1 heterocycles. The first kappa shape index (κ1) is 11.4. The SMILES string of the molecule is CCc1cnc(CN=C(N)N(C)C2CC2)s1. The highest BCUT2D eigenvalue weighted by molar-refractivity contribution is 7.11. The van der Waals surface area contributed by atoms with Crippen molar-refractivity contribution < 1.29 is 0 Å². The maximum absolute atomic E-state index is 5.90. The lowest BCUT2D eigenvalue weighted by Crippen LogP contribution is -2.35. The maximum atomic E-state index is 5.90. The highest BCUT2D eigenvalue weighted by Gasteiger charge is 2.27. The van der Waals surface area contributed by atoms with E-state index in [9.17, 15) is 0 Å². The molecule has 0 spiro atoms. The molecule has 0 saturated heterocycles. The molecule has 1 fully saturated rings. The number of aryl methyl sites for hydroxylation is 1. The van der Waals surface area contributed by atoms with E-state index in [1.807, 2.05) is 13.2 Å². The van der Waals surface area contributed by atoms with Gasteiger partial charge in [0.1, 0.15) is 5.01 Å². The minimum Gasteiger partial charge on any atom is -0.370 e. The Morgan fingerprint density at radius 2 is 2.44 bits per heavy atom. The minimum atomic E-state index is 0.605. The van der Waals surface area contributed by atoms with Gasteiger partial charge in [0.05, 0.1) is 6.54 Å². The summed E-state index contributed by atoms with van der Waals surface area (Å²) in [5, 5.41) is 1.05. The molecule has 1 aliphatic rings. The van der Waals surface area contributed by atoms with Crippen LogP contribution < -0.4 is 5.73 Å². The van der Waals surface area contributed by atoms with E-state index in [2.05, 4.69) is 21.8 Å². The number of aliphatic imine (C=N–C) groups is 1. The first-order chi connectivity index (χ1) is 7.70. The Kier molecular flexibility index (Phi) is 3.43. The van der Waals surface area contributed by atoms with Crippen molar-refractivity contribution in [2.24, 2.45) is 10.7 Å². The first-order valence-corrected chi connectivity index (χ1v) is 6.48. The normalized spacial score (nSPS) is 16.5. The van der Waals surface area contributed by atoms with Gasteiger partial charge in [0.15, 0.2) is 5.96 Å². The topological polar surface area (TPSA) is 54.5 Å². The molecular formula is C11H18N4S. The molecule has 1 aromatic rings. The number of thiazole rings is 1. The van der Waals surface area contributed by atoms with Crippen molar-refractivity contribution in [2.75, 3.05) is 7.05 Å². The molecule has 0 unspecified atom stereocenters. The summed E-state index contributed by atoms with van der Waals surface area (Å²) in [6, 6.07) is 0.617. The predicted molar refractivity (Wildman–Crippen MR) is 67.6 cm³/mol. The standard InChI is InChI=1S/C11H18N4S/c1-3-9-6-13-10(16-9)7-14-11(12)15(2)8-4-5-8/h6,8H,3-5,7H2,1-2H3,(H2,12,14). The molecule has 0 amide bonds. The van der Waals surface area contributed by atoms with Crippen LogP contribution in [-0.4, -0.2) is 28.9 Å².